The molecule has 0 radical (unpaired) electrons. The Labute approximate surface area is 125 Å². The summed E-state index contributed by atoms with van der Waals surface area (Å²) < 4.78 is 7.88. The van der Waals surface area contributed by atoms with Gasteiger partial charge in [-0.15, -0.1) is 0 Å². The molecule has 0 aliphatic carbocycles. The molecule has 1 aromatic carbocycles. The molecule has 0 fully saturated rings. The van der Waals surface area contributed by atoms with Crippen LogP contribution in [0, 0.1) is 22.7 Å². The van der Waals surface area contributed by atoms with E-state index in [1.54, 1.807) is 17.9 Å². The minimum atomic E-state index is -0.305. The lowest BCUT2D eigenvalue weighted by Crippen LogP contribution is -2.08. The van der Waals surface area contributed by atoms with Crippen molar-refractivity contribution in [3.63, 3.8) is 0 Å². The quantitative estimate of drug-likeness (QED) is 0.859. The minimum Gasteiger partial charge on any atom is -0.362 e. The second kappa shape index (κ2) is 5.92. The average Bonchev–Trinajstić information content (AvgIpc) is 2.85. The first-order valence-corrected chi connectivity index (χ1v) is 6.75. The maximum atomic E-state index is 9.35. The van der Waals surface area contributed by atoms with Crippen LogP contribution in [0.15, 0.2) is 34.9 Å². The van der Waals surface area contributed by atoms with Gasteiger partial charge < -0.3 is 9.30 Å². The standard InChI is InChI=1S/C15H12BrN3O/c1-10(20-2)19-9-14(13(7-17)15(19)8-18)11-3-5-12(16)6-4-11/h3-6,9-10H,1-2H3. The van der Waals surface area contributed by atoms with Crippen molar-refractivity contribution in [2.45, 2.75) is 13.2 Å². The molecule has 1 unspecified atom stereocenters. The molecule has 0 aliphatic rings. The van der Waals surface area contributed by atoms with Gasteiger partial charge in [0.15, 0.2) is 0 Å². The number of hydrogen-bond acceptors (Lipinski definition) is 3. The largest absolute Gasteiger partial charge is 0.362 e. The molecule has 100 valence electrons. The van der Waals surface area contributed by atoms with E-state index in [1.165, 1.54) is 0 Å². The van der Waals surface area contributed by atoms with Gasteiger partial charge in [-0.1, -0.05) is 28.1 Å². The molecule has 2 rings (SSSR count). The first-order chi connectivity index (χ1) is 9.62. The topological polar surface area (TPSA) is 61.7 Å². The van der Waals surface area contributed by atoms with E-state index in [0.717, 1.165) is 15.6 Å². The number of rotatable bonds is 3. The van der Waals surface area contributed by atoms with Crippen LogP contribution in [0.3, 0.4) is 0 Å². The Hall–Kier alpha value is -2.08. The van der Waals surface area contributed by atoms with E-state index in [-0.39, 0.29) is 6.23 Å². The monoisotopic (exact) mass is 329 g/mol. The lowest BCUT2D eigenvalue weighted by molar-refractivity contribution is 0.0602. The van der Waals surface area contributed by atoms with Crippen LogP contribution in [0.1, 0.15) is 24.4 Å². The second-order valence-corrected chi connectivity index (χ2v) is 5.15. The molecule has 0 amide bonds. The highest BCUT2D eigenvalue weighted by molar-refractivity contribution is 9.10. The van der Waals surface area contributed by atoms with Crippen molar-refractivity contribution in [3.8, 4) is 23.3 Å². The first kappa shape index (κ1) is 14.3. The molecule has 5 heteroatoms. The highest BCUT2D eigenvalue weighted by atomic mass is 79.9. The fourth-order valence-electron chi connectivity index (χ4n) is 2.00. The fraction of sp³-hybridized carbons (Fsp3) is 0.200. The highest BCUT2D eigenvalue weighted by Crippen LogP contribution is 2.30. The molecule has 1 heterocycles. The summed E-state index contributed by atoms with van der Waals surface area (Å²) in [5.41, 5.74) is 2.32. The van der Waals surface area contributed by atoms with Gasteiger partial charge >= 0.3 is 0 Å². The Kier molecular flexibility index (Phi) is 4.24. The van der Waals surface area contributed by atoms with Crippen LogP contribution in [0.5, 0.6) is 0 Å². The van der Waals surface area contributed by atoms with Gasteiger partial charge in [-0.3, -0.25) is 0 Å². The summed E-state index contributed by atoms with van der Waals surface area (Å²) in [7, 11) is 1.57. The van der Waals surface area contributed by atoms with Gasteiger partial charge in [-0.25, -0.2) is 0 Å². The van der Waals surface area contributed by atoms with E-state index < -0.39 is 0 Å². The Morgan fingerprint density at radius 3 is 2.35 bits per heavy atom. The van der Waals surface area contributed by atoms with Crippen LogP contribution >= 0.6 is 15.9 Å². The molecular weight excluding hydrogens is 318 g/mol. The summed E-state index contributed by atoms with van der Waals surface area (Å²) in [5.74, 6) is 0. The summed E-state index contributed by atoms with van der Waals surface area (Å²) in [6.07, 6.45) is 1.48. The van der Waals surface area contributed by atoms with Gasteiger partial charge in [0.2, 0.25) is 0 Å². The van der Waals surface area contributed by atoms with Crippen molar-refractivity contribution in [1.29, 1.82) is 10.5 Å². The third kappa shape index (κ3) is 2.46. The SMILES string of the molecule is COC(C)n1cc(-c2ccc(Br)cc2)c(C#N)c1C#N. The molecule has 0 aliphatic heterocycles. The molecule has 1 aromatic heterocycles. The van der Waals surface area contributed by atoms with Crippen LogP contribution in [-0.4, -0.2) is 11.7 Å². The molecule has 20 heavy (non-hydrogen) atoms. The molecule has 1 atom stereocenters. The number of halogens is 1. The van der Waals surface area contributed by atoms with Gasteiger partial charge in [-0.2, -0.15) is 10.5 Å². The summed E-state index contributed by atoms with van der Waals surface area (Å²) in [4.78, 5) is 0. The van der Waals surface area contributed by atoms with Crippen molar-refractivity contribution < 1.29 is 4.74 Å². The third-order valence-electron chi connectivity index (χ3n) is 3.14. The number of ether oxygens (including phenoxy) is 1. The molecule has 0 saturated carbocycles. The number of nitriles is 2. The Morgan fingerprint density at radius 2 is 1.85 bits per heavy atom. The van der Waals surface area contributed by atoms with Gasteiger partial charge in [0.25, 0.3) is 0 Å². The van der Waals surface area contributed by atoms with Crippen LogP contribution in [0.4, 0.5) is 0 Å². The van der Waals surface area contributed by atoms with E-state index in [1.807, 2.05) is 31.2 Å². The number of methoxy groups -OCH3 is 1. The molecule has 0 N–H and O–H groups in total. The third-order valence-corrected chi connectivity index (χ3v) is 3.67. The predicted octanol–water partition coefficient (Wildman–Crippen LogP) is 3.83. The van der Waals surface area contributed by atoms with Crippen LogP contribution < -0.4 is 0 Å². The fourth-order valence-corrected chi connectivity index (χ4v) is 2.26. The van der Waals surface area contributed by atoms with Crippen molar-refractivity contribution in [3.05, 3.63) is 46.2 Å². The van der Waals surface area contributed by atoms with Gasteiger partial charge in [0.1, 0.15) is 24.1 Å². The Bertz CT molecular complexity index is 704. The van der Waals surface area contributed by atoms with E-state index in [4.69, 9.17) is 4.74 Å². The van der Waals surface area contributed by atoms with Crippen LogP contribution in [0.2, 0.25) is 0 Å². The van der Waals surface area contributed by atoms with Crippen molar-refractivity contribution in [2.24, 2.45) is 0 Å². The summed E-state index contributed by atoms with van der Waals surface area (Å²) >= 11 is 3.38. The zero-order valence-electron chi connectivity index (χ0n) is 11.1. The summed E-state index contributed by atoms with van der Waals surface area (Å²) in [5, 5.41) is 18.6. The summed E-state index contributed by atoms with van der Waals surface area (Å²) in [6, 6.07) is 11.8. The van der Waals surface area contributed by atoms with E-state index in [2.05, 4.69) is 28.1 Å². The minimum absolute atomic E-state index is 0.305. The smallest absolute Gasteiger partial charge is 0.140 e. The summed E-state index contributed by atoms with van der Waals surface area (Å²) in [6.45, 7) is 1.83. The molecule has 0 bridgehead atoms. The van der Waals surface area contributed by atoms with Crippen molar-refractivity contribution in [2.75, 3.05) is 7.11 Å². The maximum absolute atomic E-state index is 9.35. The molecule has 0 saturated heterocycles. The molecular formula is C15H12BrN3O. The number of benzene rings is 1. The molecule has 2 aromatic rings. The lowest BCUT2D eigenvalue weighted by atomic mass is 10.0. The average molecular weight is 330 g/mol. The van der Waals surface area contributed by atoms with Gasteiger partial charge in [0.05, 0.1) is 5.56 Å². The normalized spacial score (nSPS) is 11.7. The van der Waals surface area contributed by atoms with Crippen LogP contribution in [-0.2, 0) is 4.74 Å². The second-order valence-electron chi connectivity index (χ2n) is 4.24. The van der Waals surface area contributed by atoms with Gasteiger partial charge in [0, 0.05) is 23.3 Å². The van der Waals surface area contributed by atoms with Crippen molar-refractivity contribution >= 4 is 15.9 Å². The number of hydrogen-bond donors (Lipinski definition) is 0. The molecule has 4 nitrogen and oxygen atoms in total. The zero-order valence-corrected chi connectivity index (χ0v) is 12.7. The zero-order chi connectivity index (χ0) is 14.7. The van der Waals surface area contributed by atoms with Crippen molar-refractivity contribution in [1.82, 2.24) is 4.57 Å². The lowest BCUT2D eigenvalue weighted by Gasteiger charge is -2.12. The number of aromatic nitrogens is 1. The van der Waals surface area contributed by atoms with E-state index in [0.29, 0.717) is 11.3 Å². The maximum Gasteiger partial charge on any atom is 0.140 e. The highest BCUT2D eigenvalue weighted by Gasteiger charge is 2.19. The predicted molar refractivity (Wildman–Crippen MR) is 78.7 cm³/mol. The van der Waals surface area contributed by atoms with E-state index in [9.17, 15) is 10.5 Å². The molecule has 0 spiro atoms. The Balaban J connectivity index is 2.66. The Morgan fingerprint density at radius 1 is 1.20 bits per heavy atom. The number of nitrogens with zero attached hydrogens (tertiary/aromatic N) is 3. The van der Waals surface area contributed by atoms with Gasteiger partial charge in [-0.05, 0) is 24.6 Å². The van der Waals surface area contributed by atoms with Crippen LogP contribution in [0.25, 0.3) is 11.1 Å². The van der Waals surface area contributed by atoms with E-state index >= 15 is 0 Å². The first-order valence-electron chi connectivity index (χ1n) is 5.96.